The van der Waals surface area contributed by atoms with Crippen molar-refractivity contribution in [2.75, 3.05) is 4.72 Å². The van der Waals surface area contributed by atoms with Gasteiger partial charge in [-0.25, -0.2) is 8.42 Å². The molecule has 0 fully saturated rings. The maximum Gasteiger partial charge on any atom is 0.263 e. The number of rotatable bonds is 3. The Bertz CT molecular complexity index is 798. The minimum Gasteiger partial charge on any atom is -0.278 e. The molecule has 2 rings (SSSR count). The molecule has 0 radical (unpaired) electrons. The van der Waals surface area contributed by atoms with Gasteiger partial charge < -0.3 is 0 Å². The van der Waals surface area contributed by atoms with Gasteiger partial charge in [-0.05, 0) is 62.2 Å². The normalized spacial score (nSPS) is 10.8. The Balaban J connectivity index is 2.40. The molecule has 2 aromatic carbocycles. The first-order valence-electron chi connectivity index (χ1n) is 5.41. The highest BCUT2D eigenvalue weighted by Gasteiger charge is 2.18. The minimum absolute atomic E-state index is 0.149. The van der Waals surface area contributed by atoms with Crippen LogP contribution in [0.3, 0.4) is 0 Å². The van der Waals surface area contributed by atoms with E-state index in [1.54, 1.807) is 30.3 Å². The summed E-state index contributed by atoms with van der Waals surface area (Å²) in [6, 6.07) is 13.2. The van der Waals surface area contributed by atoms with Crippen LogP contribution in [0.25, 0.3) is 0 Å². The van der Waals surface area contributed by atoms with E-state index >= 15 is 0 Å². The lowest BCUT2D eigenvalue weighted by molar-refractivity contribution is 0.600. The molecule has 0 saturated carbocycles. The molecule has 4 nitrogen and oxygen atoms in total. The fourth-order valence-electron chi connectivity index (χ4n) is 1.53. The second-order valence-electron chi connectivity index (χ2n) is 3.84. The van der Waals surface area contributed by atoms with Crippen LogP contribution < -0.4 is 4.72 Å². The Kier molecular flexibility index (Phi) is 4.48. The quantitative estimate of drug-likeness (QED) is 0.826. The van der Waals surface area contributed by atoms with Gasteiger partial charge in [0.25, 0.3) is 10.0 Å². The van der Waals surface area contributed by atoms with Crippen LogP contribution in [0.4, 0.5) is 5.69 Å². The van der Waals surface area contributed by atoms with Crippen LogP contribution in [-0.2, 0) is 10.0 Å². The Morgan fingerprint density at radius 1 is 1.05 bits per heavy atom. The summed E-state index contributed by atoms with van der Waals surface area (Å²) >= 11 is 6.45. The van der Waals surface area contributed by atoms with Crippen molar-refractivity contribution >= 4 is 47.6 Å². The molecule has 0 aliphatic rings. The van der Waals surface area contributed by atoms with Crippen molar-refractivity contribution in [3.63, 3.8) is 0 Å². The molecule has 0 unspecified atom stereocenters. The Morgan fingerprint density at radius 2 is 1.75 bits per heavy atom. The number of sulfonamides is 1. The molecule has 102 valence electrons. The van der Waals surface area contributed by atoms with Gasteiger partial charge in [0.05, 0.1) is 17.3 Å². The summed E-state index contributed by atoms with van der Waals surface area (Å²) in [5.41, 5.74) is 0.820. The molecular formula is C13H8Br2N2O2S. The molecule has 2 aromatic rings. The number of nitrogens with one attached hydrogen (secondary N) is 1. The highest BCUT2D eigenvalue weighted by molar-refractivity contribution is 9.11. The average molecular weight is 416 g/mol. The van der Waals surface area contributed by atoms with Crippen LogP contribution in [-0.4, -0.2) is 8.42 Å². The van der Waals surface area contributed by atoms with E-state index in [0.29, 0.717) is 20.2 Å². The molecule has 1 N–H and O–H groups in total. The molecular weight excluding hydrogens is 408 g/mol. The van der Waals surface area contributed by atoms with Gasteiger partial charge in [0.15, 0.2) is 0 Å². The predicted molar refractivity (Wildman–Crippen MR) is 83.8 cm³/mol. The smallest absolute Gasteiger partial charge is 0.263 e. The van der Waals surface area contributed by atoms with Crippen molar-refractivity contribution in [3.05, 3.63) is 57.0 Å². The molecule has 0 bridgehead atoms. The molecule has 20 heavy (non-hydrogen) atoms. The summed E-state index contributed by atoms with van der Waals surface area (Å²) in [6.45, 7) is 0. The van der Waals surface area contributed by atoms with E-state index in [-0.39, 0.29) is 4.90 Å². The predicted octanol–water partition coefficient (Wildman–Crippen LogP) is 3.88. The van der Waals surface area contributed by atoms with Gasteiger partial charge in [-0.3, -0.25) is 4.72 Å². The van der Waals surface area contributed by atoms with Crippen LogP contribution in [0.5, 0.6) is 0 Å². The lowest BCUT2D eigenvalue weighted by Crippen LogP contribution is -2.13. The summed E-state index contributed by atoms with van der Waals surface area (Å²) < 4.78 is 28.1. The lowest BCUT2D eigenvalue weighted by atomic mass is 10.2. The van der Waals surface area contributed by atoms with Crippen LogP contribution in [0.2, 0.25) is 0 Å². The third kappa shape index (κ3) is 3.20. The molecule has 0 spiro atoms. The van der Waals surface area contributed by atoms with E-state index in [1.807, 2.05) is 6.07 Å². The van der Waals surface area contributed by atoms with Crippen molar-refractivity contribution in [1.82, 2.24) is 0 Å². The van der Waals surface area contributed by atoms with Gasteiger partial charge in [-0.15, -0.1) is 0 Å². The zero-order valence-corrected chi connectivity index (χ0v) is 14.0. The number of hydrogen-bond donors (Lipinski definition) is 1. The first-order valence-corrected chi connectivity index (χ1v) is 8.48. The zero-order valence-electron chi connectivity index (χ0n) is 9.97. The molecule has 7 heteroatoms. The second-order valence-corrected chi connectivity index (χ2v) is 7.20. The molecule has 0 atom stereocenters. The van der Waals surface area contributed by atoms with Crippen molar-refractivity contribution in [1.29, 1.82) is 5.26 Å². The molecule has 0 saturated heterocycles. The van der Waals surface area contributed by atoms with E-state index in [0.717, 1.165) is 0 Å². The van der Waals surface area contributed by atoms with Gasteiger partial charge in [0.1, 0.15) is 4.90 Å². The third-order valence-corrected chi connectivity index (χ3v) is 5.50. The summed E-state index contributed by atoms with van der Waals surface area (Å²) in [4.78, 5) is 0.149. The van der Waals surface area contributed by atoms with E-state index in [1.165, 1.54) is 12.1 Å². The van der Waals surface area contributed by atoms with Crippen LogP contribution in [0, 0.1) is 11.3 Å². The molecule has 0 aliphatic heterocycles. The van der Waals surface area contributed by atoms with Crippen LogP contribution in [0.15, 0.2) is 56.3 Å². The van der Waals surface area contributed by atoms with Gasteiger partial charge in [-0.1, -0.05) is 12.1 Å². The molecule has 0 amide bonds. The van der Waals surface area contributed by atoms with E-state index in [4.69, 9.17) is 5.26 Å². The van der Waals surface area contributed by atoms with E-state index in [9.17, 15) is 8.42 Å². The third-order valence-electron chi connectivity index (χ3n) is 2.47. The topological polar surface area (TPSA) is 70.0 Å². The van der Waals surface area contributed by atoms with E-state index < -0.39 is 10.0 Å². The van der Waals surface area contributed by atoms with Crippen molar-refractivity contribution in [2.45, 2.75) is 4.90 Å². The monoisotopic (exact) mass is 414 g/mol. The number of hydrogen-bond acceptors (Lipinski definition) is 3. The standard InChI is InChI=1S/C13H8Br2N2O2S/c14-10-3-1-2-4-13(10)20(18,19)17-12-6-5-9(8-16)7-11(12)15/h1-7,17H. The number of halogens is 2. The largest absolute Gasteiger partial charge is 0.278 e. The number of anilines is 1. The SMILES string of the molecule is N#Cc1ccc(NS(=O)(=O)c2ccccc2Br)c(Br)c1. The van der Waals surface area contributed by atoms with Crippen LogP contribution in [0.1, 0.15) is 5.56 Å². The molecule has 0 aromatic heterocycles. The number of nitriles is 1. The summed E-state index contributed by atoms with van der Waals surface area (Å²) in [7, 11) is -3.70. The van der Waals surface area contributed by atoms with Crippen molar-refractivity contribution in [3.8, 4) is 6.07 Å². The average Bonchev–Trinajstić information content (AvgIpc) is 2.41. The van der Waals surface area contributed by atoms with Gasteiger partial charge in [0.2, 0.25) is 0 Å². The maximum atomic E-state index is 12.3. The maximum absolute atomic E-state index is 12.3. The molecule has 0 heterocycles. The zero-order chi connectivity index (χ0) is 14.8. The fourth-order valence-corrected chi connectivity index (χ4v) is 4.22. The van der Waals surface area contributed by atoms with Gasteiger partial charge >= 0.3 is 0 Å². The highest BCUT2D eigenvalue weighted by Crippen LogP contribution is 2.28. The number of nitrogens with zero attached hydrogens (tertiary/aromatic N) is 1. The van der Waals surface area contributed by atoms with Crippen LogP contribution >= 0.6 is 31.9 Å². The molecule has 0 aliphatic carbocycles. The lowest BCUT2D eigenvalue weighted by Gasteiger charge is -2.11. The number of benzene rings is 2. The van der Waals surface area contributed by atoms with Gasteiger partial charge in [0, 0.05) is 8.95 Å². The Hall–Kier alpha value is -1.36. The second kappa shape index (κ2) is 5.95. The summed E-state index contributed by atoms with van der Waals surface area (Å²) in [5.74, 6) is 0. The van der Waals surface area contributed by atoms with Crippen molar-refractivity contribution < 1.29 is 8.42 Å². The Morgan fingerprint density at radius 3 is 2.35 bits per heavy atom. The summed E-state index contributed by atoms with van der Waals surface area (Å²) in [5, 5.41) is 8.78. The summed E-state index contributed by atoms with van der Waals surface area (Å²) in [6.07, 6.45) is 0. The minimum atomic E-state index is -3.70. The fraction of sp³-hybridized carbons (Fsp3) is 0. The van der Waals surface area contributed by atoms with Crippen molar-refractivity contribution in [2.24, 2.45) is 0 Å². The first-order chi connectivity index (χ1) is 9.44. The Labute approximate surface area is 133 Å². The highest BCUT2D eigenvalue weighted by atomic mass is 79.9. The van der Waals surface area contributed by atoms with Gasteiger partial charge in [-0.2, -0.15) is 5.26 Å². The van der Waals surface area contributed by atoms with E-state index in [2.05, 4.69) is 36.6 Å². The first kappa shape index (κ1) is 15.0.